The van der Waals surface area contributed by atoms with Gasteiger partial charge in [0, 0.05) is 57.9 Å². The van der Waals surface area contributed by atoms with Crippen molar-refractivity contribution < 1.29 is 14.3 Å². The Kier molecular flexibility index (Phi) is 8.22. The van der Waals surface area contributed by atoms with Gasteiger partial charge < -0.3 is 14.5 Å². The number of aryl methyl sites for hydroxylation is 1. The van der Waals surface area contributed by atoms with Gasteiger partial charge in [-0.25, -0.2) is 0 Å². The highest BCUT2D eigenvalue weighted by atomic mass is 35.5. The number of ether oxygens (including phenoxy) is 1. The first-order valence-corrected chi connectivity index (χ1v) is 11.1. The maximum atomic E-state index is 13.3. The third kappa shape index (κ3) is 5.85. The summed E-state index contributed by atoms with van der Waals surface area (Å²) in [5.74, 6) is -0.338. The van der Waals surface area contributed by atoms with Crippen LogP contribution in [0.4, 0.5) is 5.69 Å². The van der Waals surface area contributed by atoms with Crippen molar-refractivity contribution in [1.82, 2.24) is 24.8 Å². The molecule has 0 radical (unpaired) electrons. The summed E-state index contributed by atoms with van der Waals surface area (Å²) in [6.07, 6.45) is 2.41. The molecular weight excluding hydrogens is 432 g/mol. The van der Waals surface area contributed by atoms with Crippen LogP contribution in [-0.4, -0.2) is 82.5 Å². The molecule has 2 aromatic rings. The maximum absolute atomic E-state index is 13.3. The van der Waals surface area contributed by atoms with E-state index in [2.05, 4.69) is 29.1 Å². The van der Waals surface area contributed by atoms with Gasteiger partial charge in [0.25, 0.3) is 11.8 Å². The highest BCUT2D eigenvalue weighted by Crippen LogP contribution is 2.28. The molecule has 0 unspecified atom stereocenters. The highest BCUT2D eigenvalue weighted by Gasteiger charge is 2.26. The van der Waals surface area contributed by atoms with Crippen LogP contribution in [0, 0.1) is 0 Å². The van der Waals surface area contributed by atoms with E-state index in [9.17, 15) is 9.59 Å². The number of benzene rings is 1. The van der Waals surface area contributed by atoms with Crippen LogP contribution in [0.1, 0.15) is 36.3 Å². The van der Waals surface area contributed by atoms with Crippen LogP contribution in [-0.2, 0) is 23.1 Å². The summed E-state index contributed by atoms with van der Waals surface area (Å²) in [4.78, 5) is 32.0. The molecule has 0 N–H and O–H groups in total. The summed E-state index contributed by atoms with van der Waals surface area (Å²) in [6, 6.07) is 5.75. The molecule has 1 aromatic heterocycles. The molecule has 0 saturated heterocycles. The van der Waals surface area contributed by atoms with Gasteiger partial charge in [0.2, 0.25) is 0 Å². The standard InChI is InChI=1S/C22H31ClN6O3/c1-16(2)27-8-5-9-29(21(30)15-32-4)20-12-18(23)7-6-17(20)13-28(11-10-27)22(31)19-14-26(3)25-24-19/h6-7,12,14,16H,5,8-11,13,15H2,1-4H3. The Morgan fingerprint density at radius 3 is 2.62 bits per heavy atom. The van der Waals surface area contributed by atoms with E-state index in [4.69, 9.17) is 16.3 Å². The monoisotopic (exact) mass is 462 g/mol. The Morgan fingerprint density at radius 1 is 1.19 bits per heavy atom. The zero-order valence-corrected chi connectivity index (χ0v) is 19.9. The number of aromatic nitrogens is 3. The van der Waals surface area contributed by atoms with Crippen molar-refractivity contribution in [1.29, 1.82) is 0 Å². The van der Waals surface area contributed by atoms with Gasteiger partial charge in [-0.1, -0.05) is 22.9 Å². The molecule has 0 aliphatic carbocycles. The smallest absolute Gasteiger partial charge is 0.276 e. The average Bonchev–Trinajstić information content (AvgIpc) is 3.17. The SMILES string of the molecule is COCC(=O)N1CCCN(C(C)C)CCN(C(=O)c2cn(C)nn2)Cc2ccc(Cl)cc21. The minimum atomic E-state index is -0.197. The molecule has 9 nitrogen and oxygen atoms in total. The second-order valence-electron chi connectivity index (χ2n) is 8.24. The van der Waals surface area contributed by atoms with Gasteiger partial charge in [-0.3, -0.25) is 19.2 Å². The normalized spacial score (nSPS) is 16.1. The van der Waals surface area contributed by atoms with Crippen LogP contribution in [0.5, 0.6) is 0 Å². The Labute approximate surface area is 193 Å². The molecule has 1 aromatic carbocycles. The number of anilines is 1. The van der Waals surface area contributed by atoms with Crippen molar-refractivity contribution >= 4 is 29.1 Å². The zero-order valence-electron chi connectivity index (χ0n) is 19.1. The van der Waals surface area contributed by atoms with Crippen molar-refractivity contribution in [2.75, 3.05) is 44.8 Å². The number of nitrogens with zero attached hydrogens (tertiary/aromatic N) is 6. The number of fused-ring (bicyclic) bond motifs is 1. The number of halogens is 1. The zero-order chi connectivity index (χ0) is 23.3. The number of amides is 2. The third-order valence-electron chi connectivity index (χ3n) is 5.59. The van der Waals surface area contributed by atoms with Crippen LogP contribution in [0.2, 0.25) is 5.02 Å². The van der Waals surface area contributed by atoms with Crippen molar-refractivity contribution in [3.05, 3.63) is 40.7 Å². The second-order valence-corrected chi connectivity index (χ2v) is 8.68. The lowest BCUT2D eigenvalue weighted by Gasteiger charge is -2.29. The largest absolute Gasteiger partial charge is 0.375 e. The van der Waals surface area contributed by atoms with Crippen molar-refractivity contribution in [2.45, 2.75) is 32.9 Å². The fraction of sp³-hybridized carbons (Fsp3) is 0.545. The molecule has 2 heterocycles. The lowest BCUT2D eigenvalue weighted by molar-refractivity contribution is -0.122. The van der Waals surface area contributed by atoms with Crippen LogP contribution in [0.25, 0.3) is 0 Å². The minimum absolute atomic E-state index is 0.0257. The number of methoxy groups -OCH3 is 1. The maximum Gasteiger partial charge on any atom is 0.276 e. The van der Waals surface area contributed by atoms with E-state index in [-0.39, 0.29) is 18.4 Å². The molecule has 174 valence electrons. The first kappa shape index (κ1) is 24.2. The molecule has 0 fully saturated rings. The summed E-state index contributed by atoms with van der Waals surface area (Å²) >= 11 is 6.31. The molecule has 10 heteroatoms. The second kappa shape index (κ2) is 10.9. The number of rotatable bonds is 4. The minimum Gasteiger partial charge on any atom is -0.375 e. The van der Waals surface area contributed by atoms with Gasteiger partial charge in [-0.2, -0.15) is 0 Å². The predicted molar refractivity (Wildman–Crippen MR) is 123 cm³/mol. The number of hydrogen-bond donors (Lipinski definition) is 0. The van der Waals surface area contributed by atoms with Crippen molar-refractivity contribution in [3.8, 4) is 0 Å². The Morgan fingerprint density at radius 2 is 1.97 bits per heavy atom. The predicted octanol–water partition coefficient (Wildman–Crippen LogP) is 2.20. The highest BCUT2D eigenvalue weighted by molar-refractivity contribution is 6.31. The van der Waals surface area contributed by atoms with E-state index in [0.717, 1.165) is 25.1 Å². The quantitative estimate of drug-likeness (QED) is 0.692. The summed E-state index contributed by atoms with van der Waals surface area (Å²) in [6.45, 7) is 7.16. The third-order valence-corrected chi connectivity index (χ3v) is 5.83. The Hall–Kier alpha value is -2.49. The summed E-state index contributed by atoms with van der Waals surface area (Å²) < 4.78 is 6.63. The van der Waals surface area contributed by atoms with Gasteiger partial charge in [-0.05, 0) is 38.0 Å². The number of carbonyl (C=O) groups excluding carboxylic acids is 2. The van der Waals surface area contributed by atoms with E-state index >= 15 is 0 Å². The molecular formula is C22H31ClN6O3. The molecule has 0 spiro atoms. The summed E-state index contributed by atoms with van der Waals surface area (Å²) in [5, 5.41) is 8.44. The first-order chi connectivity index (χ1) is 15.3. The van der Waals surface area contributed by atoms with E-state index < -0.39 is 0 Å². The van der Waals surface area contributed by atoms with E-state index in [1.807, 2.05) is 6.07 Å². The number of carbonyl (C=O) groups is 2. The van der Waals surface area contributed by atoms with E-state index in [1.54, 1.807) is 35.2 Å². The molecule has 1 aliphatic heterocycles. The van der Waals surface area contributed by atoms with E-state index in [1.165, 1.54) is 11.8 Å². The fourth-order valence-electron chi connectivity index (χ4n) is 3.88. The summed E-state index contributed by atoms with van der Waals surface area (Å²) in [7, 11) is 3.23. The molecule has 3 rings (SSSR count). The molecule has 1 aliphatic rings. The van der Waals surface area contributed by atoms with Gasteiger partial charge in [-0.15, -0.1) is 5.10 Å². The van der Waals surface area contributed by atoms with Gasteiger partial charge in [0.05, 0.1) is 11.9 Å². The lowest BCUT2D eigenvalue weighted by atomic mass is 10.1. The van der Waals surface area contributed by atoms with Gasteiger partial charge in [0.1, 0.15) is 6.61 Å². The topological polar surface area (TPSA) is 83.8 Å². The summed E-state index contributed by atoms with van der Waals surface area (Å²) in [5.41, 5.74) is 1.84. The van der Waals surface area contributed by atoms with Crippen LogP contribution in [0.15, 0.2) is 24.4 Å². The van der Waals surface area contributed by atoms with Crippen molar-refractivity contribution in [2.24, 2.45) is 7.05 Å². The lowest BCUT2D eigenvalue weighted by Crippen LogP contribution is -2.41. The molecule has 2 amide bonds. The van der Waals surface area contributed by atoms with Crippen LogP contribution >= 0.6 is 11.6 Å². The van der Waals surface area contributed by atoms with Gasteiger partial charge in [0.15, 0.2) is 5.69 Å². The first-order valence-electron chi connectivity index (χ1n) is 10.8. The average molecular weight is 463 g/mol. The molecule has 0 bridgehead atoms. The van der Waals surface area contributed by atoms with Crippen molar-refractivity contribution in [3.63, 3.8) is 0 Å². The molecule has 0 saturated carbocycles. The van der Waals surface area contributed by atoms with Crippen LogP contribution < -0.4 is 4.90 Å². The number of hydrogen-bond acceptors (Lipinski definition) is 6. The molecule has 32 heavy (non-hydrogen) atoms. The van der Waals surface area contributed by atoms with Crippen LogP contribution in [0.3, 0.4) is 0 Å². The molecule has 0 atom stereocenters. The van der Waals surface area contributed by atoms with E-state index in [0.29, 0.717) is 42.1 Å². The van der Waals surface area contributed by atoms with Gasteiger partial charge >= 0.3 is 0 Å². The Bertz CT molecular complexity index is 947. The Balaban J connectivity index is 2.02. The fourth-order valence-corrected chi connectivity index (χ4v) is 4.04.